The molecule has 11 amide bonds. The van der Waals surface area contributed by atoms with Crippen LogP contribution in [0.2, 0.25) is 0 Å². The Bertz CT molecular complexity index is 2200. The minimum absolute atomic E-state index is 0.108. The Labute approximate surface area is 498 Å². The van der Waals surface area contributed by atoms with E-state index in [0.29, 0.717) is 6.42 Å². The molecule has 0 saturated carbocycles. The number of nitrogens with zero attached hydrogens (tertiary/aromatic N) is 7. The summed E-state index contributed by atoms with van der Waals surface area (Å²) in [4.78, 5) is 168. The number of nitrogens with one attached hydrogen (secondary N) is 4. The lowest BCUT2D eigenvalue weighted by Crippen LogP contribution is -2.61. The van der Waals surface area contributed by atoms with Gasteiger partial charge in [0.1, 0.15) is 60.4 Å². The van der Waals surface area contributed by atoms with Crippen molar-refractivity contribution >= 4 is 65.0 Å². The predicted molar refractivity (Wildman–Crippen MR) is 323 cm³/mol. The van der Waals surface area contributed by atoms with Crippen LogP contribution >= 0.6 is 0 Å². The molecule has 0 aromatic heterocycles. The molecule has 0 unspecified atom stereocenters. The zero-order valence-corrected chi connectivity index (χ0v) is 55.1. The summed E-state index contributed by atoms with van der Waals surface area (Å²) in [6.45, 7) is 28.3. The maximum atomic E-state index is 15.0. The average molecular weight is 1170 g/mol. The Hall–Kier alpha value is -5.83. The van der Waals surface area contributed by atoms with E-state index in [4.69, 9.17) is 0 Å². The van der Waals surface area contributed by atoms with E-state index in [1.54, 1.807) is 34.6 Å². The number of carbonyl (C=O) groups excluding carboxylic acids is 11. The molecule has 10 atom stereocenters. The molecule has 476 valence electrons. The molecule has 22 heteroatoms. The number of hydrogen-bond donors (Lipinski definition) is 4. The minimum atomic E-state index is -1.21. The Morgan fingerprint density at radius 1 is 0.398 bits per heavy atom. The van der Waals surface area contributed by atoms with Crippen LogP contribution in [0.4, 0.5) is 0 Å². The molecular weight excluding hydrogens is 1060 g/mol. The van der Waals surface area contributed by atoms with E-state index in [-0.39, 0.29) is 62.2 Å². The van der Waals surface area contributed by atoms with Gasteiger partial charge in [-0.1, -0.05) is 123 Å². The first kappa shape index (κ1) is 75.2. The second-order valence-electron chi connectivity index (χ2n) is 25.7. The number of unbranched alkanes of at least 4 members (excludes halogenated alkanes) is 3. The molecule has 0 aromatic carbocycles. The molecule has 4 N–H and O–H groups in total. The molecular formula is C61H111N11O11. The highest BCUT2D eigenvalue weighted by molar-refractivity contribution is 5.99. The van der Waals surface area contributed by atoms with E-state index in [1.165, 1.54) is 97.5 Å². The van der Waals surface area contributed by atoms with Crippen molar-refractivity contribution in [1.29, 1.82) is 0 Å². The zero-order chi connectivity index (χ0) is 64.2. The fraction of sp³-hybridized carbons (Fsp3) is 0.820. The van der Waals surface area contributed by atoms with Gasteiger partial charge in [-0.05, 0) is 87.9 Å². The van der Waals surface area contributed by atoms with Gasteiger partial charge in [-0.2, -0.15) is 0 Å². The van der Waals surface area contributed by atoms with Crippen LogP contribution in [0.5, 0.6) is 0 Å². The molecule has 1 rings (SSSR count). The minimum Gasteiger partial charge on any atom is -0.343 e. The van der Waals surface area contributed by atoms with E-state index in [9.17, 15) is 43.2 Å². The summed E-state index contributed by atoms with van der Waals surface area (Å²) in [6, 6.07) is -11.3. The zero-order valence-electron chi connectivity index (χ0n) is 55.1. The molecule has 1 heterocycles. The molecule has 83 heavy (non-hydrogen) atoms. The van der Waals surface area contributed by atoms with Crippen LogP contribution in [0.3, 0.4) is 0 Å². The fourth-order valence-electron chi connectivity index (χ4n) is 10.6. The van der Waals surface area contributed by atoms with Crippen molar-refractivity contribution in [1.82, 2.24) is 55.6 Å². The second kappa shape index (κ2) is 34.8. The smallest absolute Gasteiger partial charge is 0.246 e. The van der Waals surface area contributed by atoms with Crippen LogP contribution in [0, 0.1) is 35.5 Å². The highest BCUT2D eigenvalue weighted by atomic mass is 16.2. The normalized spacial score (nSPS) is 26.4. The monoisotopic (exact) mass is 1170 g/mol. The van der Waals surface area contributed by atoms with E-state index in [2.05, 4.69) is 28.2 Å². The Morgan fingerprint density at radius 2 is 0.807 bits per heavy atom. The van der Waals surface area contributed by atoms with Crippen LogP contribution in [0.25, 0.3) is 0 Å². The molecule has 0 aromatic rings. The van der Waals surface area contributed by atoms with Gasteiger partial charge in [-0.25, -0.2) is 0 Å². The maximum Gasteiger partial charge on any atom is 0.246 e. The number of amides is 11. The molecule has 0 bridgehead atoms. The van der Waals surface area contributed by atoms with Crippen molar-refractivity contribution in [3.05, 3.63) is 0 Å². The molecule has 1 aliphatic heterocycles. The first-order valence-corrected chi connectivity index (χ1v) is 30.4. The Kier molecular flexibility index (Phi) is 31.5. The van der Waals surface area contributed by atoms with Crippen LogP contribution in [0.15, 0.2) is 0 Å². The summed E-state index contributed by atoms with van der Waals surface area (Å²) >= 11 is 0. The van der Waals surface area contributed by atoms with Crippen molar-refractivity contribution in [2.45, 2.75) is 235 Å². The molecule has 1 fully saturated rings. The van der Waals surface area contributed by atoms with Gasteiger partial charge < -0.3 is 55.6 Å². The third-order valence-corrected chi connectivity index (χ3v) is 15.8. The van der Waals surface area contributed by atoms with Crippen LogP contribution in [0.1, 0.15) is 175 Å². The lowest BCUT2D eigenvalue weighted by atomic mass is 9.95. The molecule has 0 radical (unpaired) electrons. The van der Waals surface area contributed by atoms with E-state index in [0.717, 1.165) is 19.3 Å². The van der Waals surface area contributed by atoms with E-state index in [1.807, 2.05) is 55.4 Å². The Morgan fingerprint density at radius 3 is 1.27 bits per heavy atom. The maximum absolute atomic E-state index is 15.0. The molecule has 22 nitrogen and oxygen atoms in total. The molecule has 0 aliphatic carbocycles. The first-order chi connectivity index (χ1) is 38.4. The number of likely N-dealkylation sites (N-methyl/N-ethyl adjacent to an activating group) is 7. The fourth-order valence-corrected chi connectivity index (χ4v) is 10.6. The highest BCUT2D eigenvalue weighted by Crippen LogP contribution is 2.25. The number of hydrogen-bond acceptors (Lipinski definition) is 11. The van der Waals surface area contributed by atoms with Crippen LogP contribution < -0.4 is 21.3 Å². The summed E-state index contributed by atoms with van der Waals surface area (Å²) in [5.74, 6) is -8.02. The standard InChI is InChI=1S/C61H111N11O11/c1-24-26-27-28-29-44-53(75)64-43(25-2)57(79)66(17)34-49(73)67(18)45(30-35(3)4)55(77)65-50(39(11)12)60(82)69(20)46(31-36(5)6)54(76)62-41(15)52(74)63-42(16)56(78)70(21)47(32-37(7)8)58(80)71(22)48(33-38(9)10)59(81)72(23)51(40(13)14)61(83)68(44)19/h35-48,50-51H,24-34H2,1-23H3,(H,62,76)(H,63,74)(H,64,75)(H,65,77)/t41-,42+,43+,44-,45-,46+,47-,48-,50-,51+/m0/s1. The van der Waals surface area contributed by atoms with Crippen LogP contribution in [-0.2, 0) is 52.7 Å². The van der Waals surface area contributed by atoms with Crippen molar-refractivity contribution in [3.63, 3.8) is 0 Å². The summed E-state index contributed by atoms with van der Waals surface area (Å²) in [7, 11) is 10.3. The van der Waals surface area contributed by atoms with Gasteiger partial charge in [0.15, 0.2) is 0 Å². The second-order valence-corrected chi connectivity index (χ2v) is 25.7. The van der Waals surface area contributed by atoms with Gasteiger partial charge in [0.2, 0.25) is 65.0 Å². The van der Waals surface area contributed by atoms with Crippen molar-refractivity contribution < 1.29 is 52.7 Å². The van der Waals surface area contributed by atoms with Gasteiger partial charge in [0.05, 0.1) is 6.54 Å². The van der Waals surface area contributed by atoms with Crippen molar-refractivity contribution in [2.75, 3.05) is 55.9 Å². The average Bonchev–Trinajstić information content (AvgIpc) is 3.59. The van der Waals surface area contributed by atoms with Crippen LogP contribution in [-0.4, -0.2) is 216 Å². The summed E-state index contributed by atoms with van der Waals surface area (Å²) in [6.07, 6.45) is 4.25. The highest BCUT2D eigenvalue weighted by Gasteiger charge is 2.44. The number of rotatable bonds is 16. The molecule has 0 spiro atoms. The van der Waals surface area contributed by atoms with Gasteiger partial charge in [0, 0.05) is 49.3 Å². The summed E-state index contributed by atoms with van der Waals surface area (Å²) < 4.78 is 0. The summed E-state index contributed by atoms with van der Waals surface area (Å²) in [5.41, 5.74) is 0. The van der Waals surface area contributed by atoms with Gasteiger partial charge in [-0.3, -0.25) is 52.7 Å². The van der Waals surface area contributed by atoms with Crippen molar-refractivity contribution in [3.8, 4) is 0 Å². The summed E-state index contributed by atoms with van der Waals surface area (Å²) in [5, 5.41) is 11.1. The Balaban J connectivity index is 4.22. The lowest BCUT2D eigenvalue weighted by molar-refractivity contribution is -0.156. The largest absolute Gasteiger partial charge is 0.343 e. The molecule has 1 aliphatic rings. The third kappa shape index (κ3) is 21.9. The number of carbonyl (C=O) groups is 11. The SMILES string of the molecule is CCCCCC[C@H]1C(=O)N[C@H](CC)C(=O)N(C)CC(=O)N(C)[C@@H](CC(C)C)C(=O)N[C@@H](C(C)C)C(=O)N(C)[C@H](CC(C)C)C(=O)N[C@@H](C)C(=O)N[C@H](C)C(=O)N(C)[C@@H](CC(C)C)C(=O)N(C)[C@@H](CC(C)C)C(=O)N(C)[C@H](C(C)C)C(=O)N1C. The van der Waals surface area contributed by atoms with Gasteiger partial charge in [0.25, 0.3) is 0 Å². The van der Waals surface area contributed by atoms with Gasteiger partial charge >= 0.3 is 0 Å². The van der Waals surface area contributed by atoms with Gasteiger partial charge in [-0.15, -0.1) is 0 Å². The third-order valence-electron chi connectivity index (χ3n) is 15.8. The quantitative estimate of drug-likeness (QED) is 0.159. The predicted octanol–water partition coefficient (Wildman–Crippen LogP) is 4.28. The van der Waals surface area contributed by atoms with E-state index < -0.39 is 144 Å². The molecule has 1 saturated heterocycles. The lowest BCUT2D eigenvalue weighted by Gasteiger charge is -2.41. The van der Waals surface area contributed by atoms with Crippen molar-refractivity contribution in [2.24, 2.45) is 35.5 Å². The van der Waals surface area contributed by atoms with E-state index >= 15 is 9.59 Å². The topological polar surface area (TPSA) is 259 Å². The first-order valence-electron chi connectivity index (χ1n) is 30.4.